The minimum atomic E-state index is -3.74. The Morgan fingerprint density at radius 2 is 1.61 bits per heavy atom. The standard InChI is InChI=1S/C25H35N3O4S/c1-6-22(25(30)26-4)27(17-16-20-12-8-7-9-13-20)24(29)18-28(33(5,31)32)23-15-11-10-14-21(23)19(2)3/h7-15,19,22H,6,16-18H2,1-5H3,(H,26,30)/t22-/m0/s1. The highest BCUT2D eigenvalue weighted by atomic mass is 32.2. The van der Waals surface area contributed by atoms with Crippen molar-refractivity contribution in [2.75, 3.05) is 30.7 Å². The number of para-hydroxylation sites is 1. The van der Waals surface area contributed by atoms with Crippen LogP contribution in [0.15, 0.2) is 54.6 Å². The molecule has 2 amide bonds. The lowest BCUT2D eigenvalue weighted by Gasteiger charge is -2.33. The van der Waals surface area contributed by atoms with Crippen molar-refractivity contribution in [1.29, 1.82) is 0 Å². The Morgan fingerprint density at radius 3 is 2.15 bits per heavy atom. The number of rotatable bonds is 11. The van der Waals surface area contributed by atoms with E-state index in [1.54, 1.807) is 12.1 Å². The summed E-state index contributed by atoms with van der Waals surface area (Å²) in [5, 5.41) is 2.62. The average Bonchev–Trinajstić information content (AvgIpc) is 2.79. The maximum Gasteiger partial charge on any atom is 0.244 e. The van der Waals surface area contributed by atoms with Crippen molar-refractivity contribution in [1.82, 2.24) is 10.2 Å². The molecule has 0 aliphatic carbocycles. The molecule has 1 N–H and O–H groups in total. The lowest BCUT2D eigenvalue weighted by Crippen LogP contribution is -2.52. The van der Waals surface area contributed by atoms with Crippen LogP contribution in [-0.2, 0) is 26.0 Å². The van der Waals surface area contributed by atoms with Gasteiger partial charge in [-0.3, -0.25) is 13.9 Å². The summed E-state index contributed by atoms with van der Waals surface area (Å²) in [5.41, 5.74) is 2.36. The molecule has 0 saturated carbocycles. The first kappa shape index (κ1) is 26.4. The maximum absolute atomic E-state index is 13.5. The van der Waals surface area contributed by atoms with Crippen LogP contribution in [0, 0.1) is 0 Å². The molecule has 0 fully saturated rings. The molecular weight excluding hydrogens is 438 g/mol. The summed E-state index contributed by atoms with van der Waals surface area (Å²) in [4.78, 5) is 27.6. The molecular formula is C25H35N3O4S. The molecule has 2 rings (SSSR count). The van der Waals surface area contributed by atoms with Gasteiger partial charge in [0.15, 0.2) is 0 Å². The number of hydrogen-bond donors (Lipinski definition) is 1. The molecule has 2 aromatic rings. The zero-order valence-electron chi connectivity index (χ0n) is 20.1. The molecule has 0 radical (unpaired) electrons. The molecule has 8 heteroatoms. The topological polar surface area (TPSA) is 86.8 Å². The SMILES string of the molecule is CC[C@@H](C(=O)NC)N(CCc1ccccc1)C(=O)CN(c1ccccc1C(C)C)S(C)(=O)=O. The normalized spacial score (nSPS) is 12.3. The number of hydrogen-bond acceptors (Lipinski definition) is 4. The lowest BCUT2D eigenvalue weighted by molar-refractivity contribution is -0.139. The van der Waals surface area contributed by atoms with Gasteiger partial charge in [-0.05, 0) is 36.0 Å². The molecule has 0 unspecified atom stereocenters. The predicted molar refractivity (Wildman–Crippen MR) is 133 cm³/mol. The number of carbonyl (C=O) groups is 2. The second-order valence-electron chi connectivity index (χ2n) is 8.34. The molecule has 0 aliphatic rings. The van der Waals surface area contributed by atoms with Crippen LogP contribution in [-0.4, -0.2) is 57.6 Å². The van der Waals surface area contributed by atoms with Crippen LogP contribution in [0.5, 0.6) is 0 Å². The third kappa shape index (κ3) is 7.05. The van der Waals surface area contributed by atoms with Gasteiger partial charge in [0.1, 0.15) is 12.6 Å². The van der Waals surface area contributed by atoms with Crippen LogP contribution in [0.2, 0.25) is 0 Å². The van der Waals surface area contributed by atoms with Crippen LogP contribution in [0.25, 0.3) is 0 Å². The van der Waals surface area contributed by atoms with E-state index in [2.05, 4.69) is 5.32 Å². The van der Waals surface area contributed by atoms with Crippen molar-refractivity contribution in [3.8, 4) is 0 Å². The molecule has 0 aliphatic heterocycles. The van der Waals surface area contributed by atoms with E-state index in [0.717, 1.165) is 21.7 Å². The van der Waals surface area contributed by atoms with Crippen molar-refractivity contribution in [2.45, 2.75) is 45.6 Å². The smallest absolute Gasteiger partial charge is 0.244 e. The first-order valence-corrected chi connectivity index (χ1v) is 13.1. The zero-order valence-corrected chi connectivity index (χ0v) is 20.9. The van der Waals surface area contributed by atoms with E-state index >= 15 is 0 Å². The van der Waals surface area contributed by atoms with E-state index in [9.17, 15) is 18.0 Å². The van der Waals surface area contributed by atoms with E-state index in [1.807, 2.05) is 63.2 Å². The third-order valence-corrected chi connectivity index (χ3v) is 6.75. The van der Waals surface area contributed by atoms with E-state index in [-0.39, 0.29) is 18.4 Å². The number of anilines is 1. The Labute approximate surface area is 197 Å². The summed E-state index contributed by atoms with van der Waals surface area (Å²) in [5.74, 6) is -0.609. The minimum absolute atomic E-state index is 0.0731. The van der Waals surface area contributed by atoms with Gasteiger partial charge in [0.2, 0.25) is 21.8 Å². The molecule has 0 spiro atoms. The molecule has 0 saturated heterocycles. The monoisotopic (exact) mass is 473 g/mol. The summed E-state index contributed by atoms with van der Waals surface area (Å²) >= 11 is 0. The molecule has 7 nitrogen and oxygen atoms in total. The molecule has 0 aromatic heterocycles. The third-order valence-electron chi connectivity index (χ3n) is 5.62. The first-order chi connectivity index (χ1) is 15.6. The fourth-order valence-electron chi connectivity index (χ4n) is 3.86. The number of benzene rings is 2. The van der Waals surface area contributed by atoms with Gasteiger partial charge in [0, 0.05) is 13.6 Å². The van der Waals surface area contributed by atoms with Gasteiger partial charge in [-0.25, -0.2) is 8.42 Å². The van der Waals surface area contributed by atoms with Gasteiger partial charge >= 0.3 is 0 Å². The molecule has 0 bridgehead atoms. The summed E-state index contributed by atoms with van der Waals surface area (Å²) in [7, 11) is -2.21. The van der Waals surface area contributed by atoms with Crippen LogP contribution in [0.4, 0.5) is 5.69 Å². The van der Waals surface area contributed by atoms with Crippen molar-refractivity contribution in [3.05, 3.63) is 65.7 Å². The predicted octanol–water partition coefficient (Wildman–Crippen LogP) is 3.17. The Kier molecular flexibility index (Phi) is 9.46. The Balaban J connectivity index is 2.41. The summed E-state index contributed by atoms with van der Waals surface area (Å²) in [6.07, 6.45) is 2.07. The van der Waals surface area contributed by atoms with Crippen molar-refractivity contribution < 1.29 is 18.0 Å². The highest BCUT2D eigenvalue weighted by Gasteiger charge is 2.31. The summed E-state index contributed by atoms with van der Waals surface area (Å²) in [6, 6.07) is 16.2. The van der Waals surface area contributed by atoms with Gasteiger partial charge in [0.05, 0.1) is 11.9 Å². The van der Waals surface area contributed by atoms with Gasteiger partial charge < -0.3 is 10.2 Å². The minimum Gasteiger partial charge on any atom is -0.357 e. The molecule has 180 valence electrons. The Hall–Kier alpha value is -2.87. The Morgan fingerprint density at radius 1 is 1.00 bits per heavy atom. The molecule has 2 aromatic carbocycles. The maximum atomic E-state index is 13.5. The van der Waals surface area contributed by atoms with E-state index in [1.165, 1.54) is 11.9 Å². The van der Waals surface area contributed by atoms with Gasteiger partial charge in [-0.1, -0.05) is 69.3 Å². The quantitative estimate of drug-likeness (QED) is 0.543. The molecule has 0 heterocycles. The van der Waals surface area contributed by atoms with Gasteiger partial charge in [0.25, 0.3) is 0 Å². The number of nitrogens with one attached hydrogen (secondary N) is 1. The second kappa shape index (κ2) is 11.8. The average molecular weight is 474 g/mol. The first-order valence-electron chi connectivity index (χ1n) is 11.2. The largest absolute Gasteiger partial charge is 0.357 e. The lowest BCUT2D eigenvalue weighted by atomic mass is 10.0. The number of nitrogens with zero attached hydrogens (tertiary/aromatic N) is 2. The molecule has 1 atom stereocenters. The number of amides is 2. The molecule has 33 heavy (non-hydrogen) atoms. The number of carbonyl (C=O) groups excluding carboxylic acids is 2. The summed E-state index contributed by atoms with van der Waals surface area (Å²) in [6.45, 7) is 5.73. The number of likely N-dealkylation sites (N-methyl/N-ethyl adjacent to an activating group) is 1. The van der Waals surface area contributed by atoms with Crippen LogP contribution in [0.1, 0.15) is 44.2 Å². The van der Waals surface area contributed by atoms with Crippen LogP contribution in [0.3, 0.4) is 0 Å². The van der Waals surface area contributed by atoms with Crippen molar-refractivity contribution >= 4 is 27.5 Å². The van der Waals surface area contributed by atoms with Crippen molar-refractivity contribution in [3.63, 3.8) is 0 Å². The highest BCUT2D eigenvalue weighted by Crippen LogP contribution is 2.29. The fraction of sp³-hybridized carbons (Fsp3) is 0.440. The zero-order chi connectivity index (χ0) is 24.6. The van der Waals surface area contributed by atoms with Gasteiger partial charge in [-0.15, -0.1) is 0 Å². The van der Waals surface area contributed by atoms with E-state index in [4.69, 9.17) is 0 Å². The highest BCUT2D eigenvalue weighted by molar-refractivity contribution is 7.92. The number of sulfonamides is 1. The second-order valence-corrected chi connectivity index (χ2v) is 10.3. The van der Waals surface area contributed by atoms with Gasteiger partial charge in [-0.2, -0.15) is 0 Å². The van der Waals surface area contributed by atoms with Crippen LogP contribution >= 0.6 is 0 Å². The summed E-state index contributed by atoms with van der Waals surface area (Å²) < 4.78 is 26.6. The van der Waals surface area contributed by atoms with E-state index < -0.39 is 22.0 Å². The fourth-order valence-corrected chi connectivity index (χ4v) is 4.73. The Bertz CT molecular complexity index is 1040. The van der Waals surface area contributed by atoms with Crippen molar-refractivity contribution in [2.24, 2.45) is 0 Å². The van der Waals surface area contributed by atoms with E-state index in [0.29, 0.717) is 25.1 Å². The van der Waals surface area contributed by atoms with Crippen LogP contribution < -0.4 is 9.62 Å².